The predicted octanol–water partition coefficient (Wildman–Crippen LogP) is 2.03. The Morgan fingerprint density at radius 1 is 1.30 bits per heavy atom. The Kier molecular flexibility index (Phi) is 4.24. The normalized spacial score (nSPS) is 10.5. The van der Waals surface area contributed by atoms with Crippen molar-refractivity contribution < 1.29 is 9.90 Å². The van der Waals surface area contributed by atoms with Crippen LogP contribution >= 0.6 is 11.8 Å². The van der Waals surface area contributed by atoms with E-state index >= 15 is 0 Å². The molecule has 1 N–H and O–H groups in total. The highest BCUT2D eigenvalue weighted by molar-refractivity contribution is 7.99. The lowest BCUT2D eigenvalue weighted by Crippen LogP contribution is -2.13. The molecule has 0 unspecified atom stereocenters. The van der Waals surface area contributed by atoms with Crippen molar-refractivity contribution in [2.45, 2.75) is 19.0 Å². The van der Waals surface area contributed by atoms with Gasteiger partial charge in [-0.25, -0.2) is 0 Å². The number of thioether (sulfide) groups is 1. The molecule has 0 radical (unpaired) electrons. The highest BCUT2D eigenvalue weighted by Gasteiger charge is 2.09. The van der Waals surface area contributed by atoms with Crippen LogP contribution in [0.1, 0.15) is 11.1 Å². The summed E-state index contributed by atoms with van der Waals surface area (Å²) in [5.74, 6) is -1.08. The molecule has 0 aliphatic rings. The van der Waals surface area contributed by atoms with E-state index in [1.54, 1.807) is 10.8 Å². The minimum absolute atomic E-state index is 0.138. The minimum atomic E-state index is -0.945. The van der Waals surface area contributed by atoms with Crippen molar-refractivity contribution in [2.24, 2.45) is 0 Å². The fourth-order valence-corrected chi connectivity index (χ4v) is 2.40. The average Bonchev–Trinajstić information content (AvgIpc) is 2.40. The molecule has 1 aromatic heterocycles. The van der Waals surface area contributed by atoms with Crippen molar-refractivity contribution in [3.8, 4) is 5.69 Å². The van der Waals surface area contributed by atoms with Gasteiger partial charge in [0.05, 0.1) is 5.75 Å². The maximum atomic E-state index is 11.4. The van der Waals surface area contributed by atoms with Crippen LogP contribution in [0.25, 0.3) is 5.69 Å². The molecule has 0 aliphatic carbocycles. The molecule has 0 atom stereocenters. The van der Waals surface area contributed by atoms with Crippen molar-refractivity contribution in [3.05, 3.63) is 51.9 Å². The third-order valence-corrected chi connectivity index (χ3v) is 3.81. The molecular weight excluding hydrogens is 276 g/mol. The molecule has 5 nitrogen and oxygen atoms in total. The monoisotopic (exact) mass is 290 g/mol. The summed E-state index contributed by atoms with van der Waals surface area (Å²) in [6.45, 7) is 4.02. The SMILES string of the molecule is Cc1ccc(-n2ccc(=O)nc2SCC(=O)O)cc1C. The summed E-state index contributed by atoms with van der Waals surface area (Å²) in [6, 6.07) is 7.24. The van der Waals surface area contributed by atoms with Crippen LogP contribution in [0, 0.1) is 13.8 Å². The van der Waals surface area contributed by atoms with Gasteiger partial charge < -0.3 is 5.11 Å². The van der Waals surface area contributed by atoms with Gasteiger partial charge in [-0.1, -0.05) is 17.8 Å². The summed E-state index contributed by atoms with van der Waals surface area (Å²) in [5, 5.41) is 9.13. The van der Waals surface area contributed by atoms with Crippen molar-refractivity contribution in [2.75, 3.05) is 5.75 Å². The molecule has 2 aromatic rings. The van der Waals surface area contributed by atoms with E-state index in [4.69, 9.17) is 5.11 Å². The van der Waals surface area contributed by atoms with Gasteiger partial charge in [0.15, 0.2) is 5.16 Å². The zero-order valence-electron chi connectivity index (χ0n) is 11.2. The van der Waals surface area contributed by atoms with Crippen molar-refractivity contribution in [1.82, 2.24) is 9.55 Å². The minimum Gasteiger partial charge on any atom is -0.481 e. The van der Waals surface area contributed by atoms with E-state index in [1.165, 1.54) is 11.6 Å². The maximum absolute atomic E-state index is 11.4. The molecule has 0 spiro atoms. The third kappa shape index (κ3) is 3.27. The third-order valence-electron chi connectivity index (χ3n) is 2.87. The average molecular weight is 290 g/mol. The molecule has 20 heavy (non-hydrogen) atoms. The van der Waals surface area contributed by atoms with Crippen LogP contribution in [0.2, 0.25) is 0 Å². The number of hydrogen-bond donors (Lipinski definition) is 1. The number of benzene rings is 1. The number of carbonyl (C=O) groups is 1. The first-order chi connectivity index (χ1) is 9.47. The number of aromatic nitrogens is 2. The van der Waals surface area contributed by atoms with Crippen LogP contribution in [0.3, 0.4) is 0 Å². The van der Waals surface area contributed by atoms with E-state index in [0.29, 0.717) is 5.16 Å². The number of carboxylic acid groups (broad SMARTS) is 1. The standard InChI is InChI=1S/C14H14N2O3S/c1-9-3-4-11(7-10(9)2)16-6-5-12(17)15-14(16)20-8-13(18)19/h3-7H,8H2,1-2H3,(H,18,19). The predicted molar refractivity (Wildman–Crippen MR) is 77.7 cm³/mol. The van der Waals surface area contributed by atoms with Gasteiger partial charge in [-0.05, 0) is 37.1 Å². The molecular formula is C14H14N2O3S. The zero-order valence-corrected chi connectivity index (χ0v) is 12.0. The maximum Gasteiger partial charge on any atom is 0.313 e. The molecule has 0 amide bonds. The quantitative estimate of drug-likeness (QED) is 0.689. The van der Waals surface area contributed by atoms with Crippen molar-refractivity contribution in [3.63, 3.8) is 0 Å². The van der Waals surface area contributed by atoms with Crippen LogP contribution in [0.5, 0.6) is 0 Å². The zero-order chi connectivity index (χ0) is 14.7. The second-order valence-corrected chi connectivity index (χ2v) is 5.31. The van der Waals surface area contributed by atoms with Crippen LogP contribution in [0.15, 0.2) is 40.4 Å². The summed E-state index contributed by atoms with van der Waals surface area (Å²) < 4.78 is 1.72. The second kappa shape index (κ2) is 5.92. The summed E-state index contributed by atoms with van der Waals surface area (Å²) in [4.78, 5) is 25.9. The summed E-state index contributed by atoms with van der Waals surface area (Å²) in [7, 11) is 0. The largest absolute Gasteiger partial charge is 0.481 e. The molecule has 1 aromatic carbocycles. The van der Waals surface area contributed by atoms with Gasteiger partial charge in [0, 0.05) is 18.0 Å². The molecule has 1 heterocycles. The molecule has 6 heteroatoms. The van der Waals surface area contributed by atoms with Gasteiger partial charge in [-0.2, -0.15) is 4.98 Å². The first-order valence-corrected chi connectivity index (χ1v) is 6.98. The summed E-state index contributed by atoms with van der Waals surface area (Å²) >= 11 is 1.03. The highest BCUT2D eigenvalue weighted by Crippen LogP contribution is 2.20. The Hall–Kier alpha value is -2.08. The van der Waals surface area contributed by atoms with E-state index in [-0.39, 0.29) is 11.3 Å². The summed E-state index contributed by atoms with van der Waals surface area (Å²) in [5.41, 5.74) is 2.77. The van der Waals surface area contributed by atoms with Gasteiger partial charge in [0.2, 0.25) is 0 Å². The smallest absolute Gasteiger partial charge is 0.313 e. The summed E-state index contributed by atoms with van der Waals surface area (Å²) in [6.07, 6.45) is 1.61. The molecule has 0 fully saturated rings. The number of hydrogen-bond acceptors (Lipinski definition) is 4. The van der Waals surface area contributed by atoms with Gasteiger partial charge in [0.25, 0.3) is 5.56 Å². The topological polar surface area (TPSA) is 72.2 Å². The van der Waals surface area contributed by atoms with Gasteiger partial charge >= 0.3 is 5.97 Å². The van der Waals surface area contributed by atoms with E-state index in [9.17, 15) is 9.59 Å². The van der Waals surface area contributed by atoms with Gasteiger partial charge in [0.1, 0.15) is 0 Å². The van der Waals surface area contributed by atoms with E-state index < -0.39 is 5.97 Å². The number of rotatable bonds is 4. The number of carboxylic acids is 1. The number of nitrogens with zero attached hydrogens (tertiary/aromatic N) is 2. The van der Waals surface area contributed by atoms with Crippen LogP contribution in [0.4, 0.5) is 0 Å². The van der Waals surface area contributed by atoms with Crippen molar-refractivity contribution >= 4 is 17.7 Å². The van der Waals surface area contributed by atoms with Gasteiger partial charge in [-0.15, -0.1) is 0 Å². The first kappa shape index (κ1) is 14.3. The lowest BCUT2D eigenvalue weighted by molar-refractivity contribution is -0.133. The number of aryl methyl sites for hydroxylation is 2. The van der Waals surface area contributed by atoms with E-state index in [2.05, 4.69) is 4.98 Å². The molecule has 0 aliphatic heterocycles. The number of aliphatic carboxylic acids is 1. The molecule has 104 valence electrons. The van der Waals surface area contributed by atoms with Gasteiger partial charge in [-0.3, -0.25) is 14.2 Å². The Morgan fingerprint density at radius 3 is 2.70 bits per heavy atom. The Labute approximate surface area is 120 Å². The Balaban J connectivity index is 2.46. The Bertz CT molecular complexity index is 710. The molecule has 0 saturated heterocycles. The van der Waals surface area contributed by atoms with Crippen LogP contribution in [-0.2, 0) is 4.79 Å². The first-order valence-electron chi connectivity index (χ1n) is 5.99. The van der Waals surface area contributed by atoms with E-state index in [0.717, 1.165) is 23.0 Å². The van der Waals surface area contributed by atoms with Crippen LogP contribution in [-0.4, -0.2) is 26.4 Å². The van der Waals surface area contributed by atoms with Crippen molar-refractivity contribution in [1.29, 1.82) is 0 Å². The fourth-order valence-electron chi connectivity index (χ4n) is 1.69. The second-order valence-electron chi connectivity index (χ2n) is 4.37. The highest BCUT2D eigenvalue weighted by atomic mass is 32.2. The Morgan fingerprint density at radius 2 is 2.05 bits per heavy atom. The van der Waals surface area contributed by atoms with Crippen LogP contribution < -0.4 is 5.56 Å². The molecule has 0 bridgehead atoms. The molecule has 0 saturated carbocycles. The fraction of sp³-hybridized carbons (Fsp3) is 0.214. The molecule has 2 rings (SSSR count). The lowest BCUT2D eigenvalue weighted by Gasteiger charge is -2.12. The lowest BCUT2D eigenvalue weighted by atomic mass is 10.1. The van der Waals surface area contributed by atoms with E-state index in [1.807, 2.05) is 32.0 Å².